The molecule has 0 N–H and O–H groups in total. The molecule has 1 saturated carbocycles. The van der Waals surface area contributed by atoms with Gasteiger partial charge in [-0.05, 0) is 24.7 Å². The normalized spacial score (nSPS) is 20.5. The summed E-state index contributed by atoms with van der Waals surface area (Å²) in [7, 11) is 0. The monoisotopic (exact) mass is 216 g/mol. The molecule has 0 aromatic heterocycles. The quantitative estimate of drug-likeness (QED) is 0.498. The fraction of sp³-hybridized carbons (Fsp3) is 0.800. The SMILES string of the molecule is CC(C)/C(=C\C1CCC1)CBr. The zero-order valence-electron chi connectivity index (χ0n) is 7.44. The molecule has 0 aliphatic heterocycles. The van der Waals surface area contributed by atoms with Crippen LogP contribution < -0.4 is 0 Å². The van der Waals surface area contributed by atoms with E-state index >= 15 is 0 Å². The largest absolute Gasteiger partial charge is 0.0880 e. The lowest BCUT2D eigenvalue weighted by Gasteiger charge is -2.23. The average molecular weight is 217 g/mol. The lowest BCUT2D eigenvalue weighted by Crippen LogP contribution is -2.10. The summed E-state index contributed by atoms with van der Waals surface area (Å²) < 4.78 is 0. The van der Waals surface area contributed by atoms with Gasteiger partial charge < -0.3 is 0 Å². The van der Waals surface area contributed by atoms with Crippen molar-refractivity contribution in [3.63, 3.8) is 0 Å². The average Bonchev–Trinajstić information content (AvgIpc) is 1.85. The Labute approximate surface area is 78.2 Å². The van der Waals surface area contributed by atoms with Crippen LogP contribution in [0.4, 0.5) is 0 Å². The summed E-state index contributed by atoms with van der Waals surface area (Å²) in [5.74, 6) is 1.62. The van der Waals surface area contributed by atoms with Crippen LogP contribution in [-0.2, 0) is 0 Å². The minimum atomic E-state index is 0.718. The van der Waals surface area contributed by atoms with Crippen molar-refractivity contribution in [2.75, 3.05) is 5.33 Å². The molecule has 1 fully saturated rings. The van der Waals surface area contributed by atoms with Gasteiger partial charge in [-0.15, -0.1) is 0 Å². The molecule has 0 bridgehead atoms. The van der Waals surface area contributed by atoms with Gasteiger partial charge in [0, 0.05) is 5.33 Å². The molecule has 0 saturated heterocycles. The number of hydrogen-bond donors (Lipinski definition) is 0. The highest BCUT2D eigenvalue weighted by Crippen LogP contribution is 2.30. The summed E-state index contributed by atoms with van der Waals surface area (Å²) >= 11 is 3.53. The van der Waals surface area contributed by atoms with E-state index < -0.39 is 0 Å². The van der Waals surface area contributed by atoms with Gasteiger partial charge in [0.25, 0.3) is 0 Å². The first-order chi connectivity index (χ1) is 5.24. The van der Waals surface area contributed by atoms with Crippen LogP contribution in [0.1, 0.15) is 33.1 Å². The topological polar surface area (TPSA) is 0 Å². The molecule has 1 aliphatic carbocycles. The van der Waals surface area contributed by atoms with Crippen LogP contribution >= 0.6 is 15.9 Å². The van der Waals surface area contributed by atoms with Crippen LogP contribution in [0.5, 0.6) is 0 Å². The van der Waals surface area contributed by atoms with Gasteiger partial charge >= 0.3 is 0 Å². The molecule has 0 aromatic rings. The Bertz CT molecular complexity index is 143. The minimum Gasteiger partial charge on any atom is -0.0880 e. The molecule has 1 aliphatic rings. The molecule has 0 atom stereocenters. The summed E-state index contributed by atoms with van der Waals surface area (Å²) in [5, 5.41) is 1.06. The second kappa shape index (κ2) is 4.30. The zero-order chi connectivity index (χ0) is 8.27. The van der Waals surface area contributed by atoms with E-state index in [4.69, 9.17) is 0 Å². The highest BCUT2D eigenvalue weighted by Gasteiger charge is 2.15. The maximum absolute atomic E-state index is 3.53. The smallest absolute Gasteiger partial charge is 0.0244 e. The summed E-state index contributed by atoms with van der Waals surface area (Å²) in [5.41, 5.74) is 1.58. The molecule has 0 radical (unpaired) electrons. The van der Waals surface area contributed by atoms with E-state index in [1.54, 1.807) is 5.57 Å². The fourth-order valence-corrected chi connectivity index (χ4v) is 2.13. The van der Waals surface area contributed by atoms with E-state index in [0.717, 1.165) is 17.2 Å². The second-order valence-corrected chi connectivity index (χ2v) is 4.28. The van der Waals surface area contributed by atoms with E-state index in [1.165, 1.54) is 19.3 Å². The molecule has 0 spiro atoms. The lowest BCUT2D eigenvalue weighted by atomic mass is 9.83. The van der Waals surface area contributed by atoms with Gasteiger partial charge in [0.05, 0.1) is 0 Å². The third-order valence-electron chi connectivity index (χ3n) is 2.50. The lowest BCUT2D eigenvalue weighted by molar-refractivity contribution is 0.384. The van der Waals surface area contributed by atoms with Crippen molar-refractivity contribution in [2.24, 2.45) is 11.8 Å². The number of allylic oxidation sites excluding steroid dienone is 2. The first kappa shape index (κ1) is 9.31. The van der Waals surface area contributed by atoms with Gasteiger partial charge in [0.2, 0.25) is 0 Å². The first-order valence-corrected chi connectivity index (χ1v) is 5.62. The van der Waals surface area contributed by atoms with Crippen LogP contribution in [-0.4, -0.2) is 5.33 Å². The highest BCUT2D eigenvalue weighted by atomic mass is 79.9. The molecule has 1 rings (SSSR count). The standard InChI is InChI=1S/C10H17Br/c1-8(2)10(7-11)6-9-4-3-5-9/h6,8-9H,3-5,7H2,1-2H3/b10-6-. The van der Waals surface area contributed by atoms with Crippen molar-refractivity contribution in [3.8, 4) is 0 Å². The van der Waals surface area contributed by atoms with Crippen LogP contribution in [0.3, 0.4) is 0 Å². The maximum Gasteiger partial charge on any atom is 0.0244 e. The molecule has 0 amide bonds. The third-order valence-corrected chi connectivity index (χ3v) is 3.14. The third kappa shape index (κ3) is 2.62. The summed E-state index contributed by atoms with van der Waals surface area (Å²) in [6.45, 7) is 4.54. The van der Waals surface area contributed by atoms with E-state index in [-0.39, 0.29) is 0 Å². The van der Waals surface area contributed by atoms with Gasteiger partial charge in [-0.3, -0.25) is 0 Å². The number of rotatable bonds is 3. The van der Waals surface area contributed by atoms with Crippen LogP contribution in [0.15, 0.2) is 11.6 Å². The molecule has 1 heteroatoms. The molecule has 64 valence electrons. The maximum atomic E-state index is 3.53. The number of hydrogen-bond acceptors (Lipinski definition) is 0. The summed E-state index contributed by atoms with van der Waals surface area (Å²) in [4.78, 5) is 0. The molecule has 0 nitrogen and oxygen atoms in total. The fourth-order valence-electron chi connectivity index (χ4n) is 1.30. The predicted molar refractivity (Wildman–Crippen MR) is 54.1 cm³/mol. The minimum absolute atomic E-state index is 0.718. The van der Waals surface area contributed by atoms with Gasteiger partial charge in [0.15, 0.2) is 0 Å². The second-order valence-electron chi connectivity index (χ2n) is 3.72. The van der Waals surface area contributed by atoms with E-state index in [2.05, 4.69) is 35.9 Å². The number of halogens is 1. The summed E-state index contributed by atoms with van der Waals surface area (Å²) in [6.07, 6.45) is 6.75. The molecule has 0 aromatic carbocycles. The Morgan fingerprint density at radius 2 is 2.18 bits per heavy atom. The van der Waals surface area contributed by atoms with E-state index in [9.17, 15) is 0 Å². The van der Waals surface area contributed by atoms with Gasteiger partial charge in [-0.25, -0.2) is 0 Å². The Hall–Kier alpha value is 0.220. The Morgan fingerprint density at radius 3 is 2.45 bits per heavy atom. The van der Waals surface area contributed by atoms with Crippen molar-refractivity contribution >= 4 is 15.9 Å². The molecule has 0 heterocycles. The number of alkyl halides is 1. The van der Waals surface area contributed by atoms with Crippen LogP contribution in [0.2, 0.25) is 0 Å². The highest BCUT2D eigenvalue weighted by molar-refractivity contribution is 9.09. The Balaban J connectivity index is 2.44. The summed E-state index contributed by atoms with van der Waals surface area (Å²) in [6, 6.07) is 0. The van der Waals surface area contributed by atoms with Crippen LogP contribution in [0, 0.1) is 11.8 Å². The van der Waals surface area contributed by atoms with Gasteiger partial charge in [0.1, 0.15) is 0 Å². The Morgan fingerprint density at radius 1 is 1.55 bits per heavy atom. The van der Waals surface area contributed by atoms with Crippen molar-refractivity contribution < 1.29 is 0 Å². The van der Waals surface area contributed by atoms with Crippen molar-refractivity contribution in [2.45, 2.75) is 33.1 Å². The van der Waals surface area contributed by atoms with Crippen molar-refractivity contribution in [1.82, 2.24) is 0 Å². The molecule has 11 heavy (non-hydrogen) atoms. The van der Waals surface area contributed by atoms with Crippen molar-refractivity contribution in [1.29, 1.82) is 0 Å². The molecule has 0 unspecified atom stereocenters. The van der Waals surface area contributed by atoms with Crippen LogP contribution in [0.25, 0.3) is 0 Å². The Kier molecular flexibility index (Phi) is 3.64. The first-order valence-electron chi connectivity index (χ1n) is 4.50. The zero-order valence-corrected chi connectivity index (χ0v) is 9.02. The molecular weight excluding hydrogens is 200 g/mol. The molecular formula is C10H17Br. The van der Waals surface area contributed by atoms with Gasteiger partial charge in [-0.2, -0.15) is 0 Å². The van der Waals surface area contributed by atoms with Gasteiger partial charge in [-0.1, -0.05) is 47.8 Å². The van der Waals surface area contributed by atoms with Crippen molar-refractivity contribution in [3.05, 3.63) is 11.6 Å². The van der Waals surface area contributed by atoms with E-state index in [1.807, 2.05) is 0 Å². The van der Waals surface area contributed by atoms with E-state index in [0.29, 0.717) is 0 Å². The predicted octanol–water partition coefficient (Wildman–Crippen LogP) is 3.76.